The van der Waals surface area contributed by atoms with Crippen LogP contribution in [0.4, 0.5) is 4.79 Å². The topological polar surface area (TPSA) is 46.6 Å². The Morgan fingerprint density at radius 3 is 2.52 bits per heavy atom. The normalized spacial score (nSPS) is 19.3. The third-order valence-corrected chi connectivity index (χ3v) is 4.85. The lowest BCUT2D eigenvalue weighted by atomic mass is 10.1. The summed E-state index contributed by atoms with van der Waals surface area (Å²) in [6, 6.07) is 7.50. The van der Waals surface area contributed by atoms with Crippen molar-refractivity contribution in [3.63, 3.8) is 0 Å². The number of ether oxygens (including phenoxy) is 1. The van der Waals surface area contributed by atoms with Gasteiger partial charge in [0.2, 0.25) is 0 Å². The molecule has 4 nitrogen and oxygen atoms in total. The molecule has 2 atom stereocenters. The van der Waals surface area contributed by atoms with Crippen LogP contribution in [0.1, 0.15) is 46.1 Å². The lowest BCUT2D eigenvalue weighted by molar-refractivity contribution is -0.124. The van der Waals surface area contributed by atoms with Crippen molar-refractivity contribution in [3.05, 3.63) is 34.7 Å². The minimum atomic E-state index is -0.215. The molecule has 0 radical (unpaired) electrons. The maximum atomic E-state index is 12.5. The van der Waals surface area contributed by atoms with Crippen LogP contribution in [-0.2, 0) is 4.79 Å². The Morgan fingerprint density at radius 2 is 1.87 bits per heavy atom. The number of hydrogen-bond donors (Lipinski definition) is 0. The van der Waals surface area contributed by atoms with Gasteiger partial charge in [0.1, 0.15) is 5.75 Å². The first kappa shape index (κ1) is 17.6. The summed E-state index contributed by atoms with van der Waals surface area (Å²) in [5.41, 5.74) is 0.822. The van der Waals surface area contributed by atoms with E-state index in [4.69, 9.17) is 4.74 Å². The number of carbonyl (C=O) groups excluding carboxylic acids is 2. The van der Waals surface area contributed by atoms with Gasteiger partial charge >= 0.3 is 0 Å². The molecule has 1 aliphatic heterocycles. The third kappa shape index (κ3) is 3.96. The maximum Gasteiger partial charge on any atom is 0.293 e. The van der Waals surface area contributed by atoms with Gasteiger partial charge in [0, 0.05) is 11.6 Å². The van der Waals surface area contributed by atoms with Crippen molar-refractivity contribution in [2.24, 2.45) is 0 Å². The number of rotatable bonds is 6. The highest BCUT2D eigenvalue weighted by Gasteiger charge is 2.37. The number of carbonyl (C=O) groups is 2. The predicted octanol–water partition coefficient (Wildman–Crippen LogP) is 4.70. The Kier molecular flexibility index (Phi) is 5.88. The third-order valence-electron chi connectivity index (χ3n) is 3.96. The summed E-state index contributed by atoms with van der Waals surface area (Å²) in [4.78, 5) is 26.4. The van der Waals surface area contributed by atoms with E-state index in [0.717, 1.165) is 35.9 Å². The molecule has 0 unspecified atom stereocenters. The highest BCUT2D eigenvalue weighted by molar-refractivity contribution is 8.18. The van der Waals surface area contributed by atoms with E-state index in [2.05, 4.69) is 6.92 Å². The second-order valence-electron chi connectivity index (χ2n) is 5.68. The van der Waals surface area contributed by atoms with E-state index in [0.29, 0.717) is 4.91 Å². The molecule has 2 amide bonds. The molecule has 2 rings (SSSR count). The van der Waals surface area contributed by atoms with Crippen LogP contribution in [-0.4, -0.2) is 28.2 Å². The molecule has 1 aromatic carbocycles. The van der Waals surface area contributed by atoms with Gasteiger partial charge in [-0.3, -0.25) is 14.5 Å². The lowest BCUT2D eigenvalue weighted by Crippen LogP contribution is -2.36. The molecule has 1 aliphatic rings. The van der Waals surface area contributed by atoms with Gasteiger partial charge in [0.05, 0.1) is 11.0 Å². The SMILES string of the molecule is CC[C@@H](C)N1C(=O)S/C(=C/c2ccccc2O[C@@H](C)CC)C1=O. The zero-order valence-electron chi connectivity index (χ0n) is 14.0. The van der Waals surface area contributed by atoms with Gasteiger partial charge in [0.25, 0.3) is 11.1 Å². The Labute approximate surface area is 141 Å². The highest BCUT2D eigenvalue weighted by atomic mass is 32.2. The van der Waals surface area contributed by atoms with E-state index in [1.54, 1.807) is 6.08 Å². The van der Waals surface area contributed by atoms with E-state index in [1.807, 2.05) is 45.0 Å². The zero-order valence-corrected chi connectivity index (χ0v) is 14.9. The molecule has 0 aliphatic carbocycles. The van der Waals surface area contributed by atoms with E-state index < -0.39 is 0 Å². The fourth-order valence-electron chi connectivity index (χ4n) is 2.19. The van der Waals surface area contributed by atoms with Crippen LogP contribution in [0.3, 0.4) is 0 Å². The number of hydrogen-bond acceptors (Lipinski definition) is 4. The average Bonchev–Trinajstić information content (AvgIpc) is 2.82. The van der Waals surface area contributed by atoms with Gasteiger partial charge in [-0.2, -0.15) is 0 Å². The van der Waals surface area contributed by atoms with Gasteiger partial charge in [-0.1, -0.05) is 32.0 Å². The summed E-state index contributed by atoms with van der Waals surface area (Å²) in [6.07, 6.45) is 3.50. The monoisotopic (exact) mass is 333 g/mol. The maximum absolute atomic E-state index is 12.5. The van der Waals surface area contributed by atoms with Crippen molar-refractivity contribution in [2.75, 3.05) is 0 Å². The number of thioether (sulfide) groups is 1. The summed E-state index contributed by atoms with van der Waals surface area (Å²) >= 11 is 0.997. The van der Waals surface area contributed by atoms with E-state index in [1.165, 1.54) is 4.90 Å². The smallest absolute Gasteiger partial charge is 0.293 e. The molecular weight excluding hydrogens is 310 g/mol. The van der Waals surface area contributed by atoms with Crippen LogP contribution in [0.25, 0.3) is 6.08 Å². The first-order chi connectivity index (χ1) is 11.0. The van der Waals surface area contributed by atoms with Crippen LogP contribution in [0.2, 0.25) is 0 Å². The van der Waals surface area contributed by atoms with E-state index in [9.17, 15) is 9.59 Å². The van der Waals surface area contributed by atoms with Crippen LogP contribution < -0.4 is 4.74 Å². The fourth-order valence-corrected chi connectivity index (χ4v) is 3.11. The molecule has 1 heterocycles. The fraction of sp³-hybridized carbons (Fsp3) is 0.444. The first-order valence-corrected chi connectivity index (χ1v) is 8.82. The Hall–Kier alpha value is -1.75. The molecule has 1 saturated heterocycles. The summed E-state index contributed by atoms with van der Waals surface area (Å²) in [5, 5.41) is -0.198. The number of para-hydroxylation sites is 1. The van der Waals surface area contributed by atoms with Gasteiger partial charge in [0.15, 0.2) is 0 Å². The number of benzene rings is 1. The molecule has 0 bridgehead atoms. The van der Waals surface area contributed by atoms with Gasteiger partial charge < -0.3 is 4.74 Å². The van der Waals surface area contributed by atoms with E-state index in [-0.39, 0.29) is 23.3 Å². The van der Waals surface area contributed by atoms with Crippen molar-refractivity contribution in [2.45, 2.75) is 52.7 Å². The zero-order chi connectivity index (χ0) is 17.0. The molecule has 0 N–H and O–H groups in total. The largest absolute Gasteiger partial charge is 0.490 e. The summed E-state index contributed by atoms with van der Waals surface area (Å²) < 4.78 is 5.90. The first-order valence-electron chi connectivity index (χ1n) is 8.00. The average molecular weight is 333 g/mol. The van der Waals surface area contributed by atoms with Gasteiger partial charge in [-0.05, 0) is 50.6 Å². The molecule has 23 heavy (non-hydrogen) atoms. The number of nitrogens with zero attached hydrogens (tertiary/aromatic N) is 1. The minimum Gasteiger partial charge on any atom is -0.490 e. The van der Waals surface area contributed by atoms with Gasteiger partial charge in [-0.25, -0.2) is 0 Å². The molecule has 124 valence electrons. The van der Waals surface area contributed by atoms with Crippen LogP contribution >= 0.6 is 11.8 Å². The van der Waals surface area contributed by atoms with Crippen LogP contribution in [0.15, 0.2) is 29.2 Å². The quantitative estimate of drug-likeness (QED) is 0.708. The number of amides is 2. The van der Waals surface area contributed by atoms with Crippen molar-refractivity contribution in [1.29, 1.82) is 0 Å². The molecule has 0 aromatic heterocycles. The minimum absolute atomic E-state index is 0.0833. The Balaban J connectivity index is 2.29. The Bertz CT molecular complexity index is 626. The standard InChI is InChI=1S/C18H23NO3S/c1-5-12(3)19-17(20)16(23-18(19)21)11-14-9-7-8-10-15(14)22-13(4)6-2/h7-13H,5-6H2,1-4H3/b16-11+/t12-,13+/m1/s1. The van der Waals surface area contributed by atoms with Crippen molar-refractivity contribution in [3.8, 4) is 5.75 Å². The molecule has 0 saturated carbocycles. The predicted molar refractivity (Wildman–Crippen MR) is 94.4 cm³/mol. The van der Waals surface area contributed by atoms with Crippen LogP contribution in [0, 0.1) is 0 Å². The van der Waals surface area contributed by atoms with Crippen LogP contribution in [0.5, 0.6) is 5.75 Å². The van der Waals surface area contributed by atoms with Crippen molar-refractivity contribution < 1.29 is 14.3 Å². The number of imide groups is 1. The molecule has 1 fully saturated rings. The lowest BCUT2D eigenvalue weighted by Gasteiger charge is -2.19. The van der Waals surface area contributed by atoms with Crippen molar-refractivity contribution in [1.82, 2.24) is 4.90 Å². The second kappa shape index (κ2) is 7.68. The molecule has 5 heteroatoms. The second-order valence-corrected chi connectivity index (χ2v) is 6.68. The summed E-state index contributed by atoms with van der Waals surface area (Å²) in [6.45, 7) is 7.92. The molecule has 1 aromatic rings. The van der Waals surface area contributed by atoms with Gasteiger partial charge in [-0.15, -0.1) is 0 Å². The molecular formula is C18H23NO3S. The Morgan fingerprint density at radius 1 is 1.17 bits per heavy atom. The van der Waals surface area contributed by atoms with E-state index >= 15 is 0 Å². The molecule has 0 spiro atoms. The summed E-state index contributed by atoms with van der Waals surface area (Å²) in [7, 11) is 0. The summed E-state index contributed by atoms with van der Waals surface area (Å²) in [5.74, 6) is 0.518. The highest BCUT2D eigenvalue weighted by Crippen LogP contribution is 2.35. The van der Waals surface area contributed by atoms with Crippen molar-refractivity contribution >= 4 is 29.0 Å².